The van der Waals surface area contributed by atoms with Gasteiger partial charge in [0.25, 0.3) is 0 Å². The van der Waals surface area contributed by atoms with Crippen LogP contribution in [0.15, 0.2) is 47.6 Å². The van der Waals surface area contributed by atoms with Gasteiger partial charge in [-0.05, 0) is 55.9 Å². The van der Waals surface area contributed by atoms with E-state index in [1.54, 1.807) is 0 Å². The van der Waals surface area contributed by atoms with Crippen LogP contribution in [0.5, 0.6) is 0 Å². The van der Waals surface area contributed by atoms with Crippen LogP contribution in [-0.4, -0.2) is 79.5 Å². The molecule has 2 saturated carbocycles. The number of carbonyl (C=O) groups is 4. The van der Waals surface area contributed by atoms with Gasteiger partial charge in [-0.25, -0.2) is 0 Å². The van der Waals surface area contributed by atoms with Crippen LogP contribution in [0.1, 0.15) is 89.9 Å². The molecule has 298 valence electrons. The van der Waals surface area contributed by atoms with Crippen molar-refractivity contribution in [3.63, 3.8) is 0 Å². The SMILES string of the molecule is COC(=O)CC1=CC=CC1.COC(=O)CC1=CCC=C1.COC(=O)CC1CCCC1.COC(=O)CC1CCCC1.[CH-]=O.[CH-]=O.[CH-]=O.[CH-]=O.[CH3-].[CH3-].[Fe+2].[Fe+4]. The molecule has 0 aromatic rings. The summed E-state index contributed by atoms with van der Waals surface area (Å²) in [5, 5.41) is 0. The van der Waals surface area contributed by atoms with Gasteiger partial charge in [-0.15, -0.1) is 0 Å². The molecule has 0 aliphatic heterocycles. The summed E-state index contributed by atoms with van der Waals surface area (Å²) >= 11 is 0. The summed E-state index contributed by atoms with van der Waals surface area (Å²) in [6.45, 7) is 13.0. The molecule has 4 aliphatic rings. The summed E-state index contributed by atoms with van der Waals surface area (Å²) in [5.41, 5.74) is 2.19. The van der Waals surface area contributed by atoms with Crippen molar-refractivity contribution in [3.8, 4) is 0 Å². The average Bonchev–Trinajstić information content (AvgIpc) is 4.00. The second-order valence-electron chi connectivity index (χ2n) is 10.2. The molecule has 0 bridgehead atoms. The number of allylic oxidation sites excluding steroid dienone is 6. The fourth-order valence-electron chi connectivity index (χ4n) is 4.82. The van der Waals surface area contributed by atoms with Crippen molar-refractivity contribution in [1.29, 1.82) is 0 Å². The van der Waals surface area contributed by atoms with E-state index >= 15 is 0 Å². The van der Waals surface area contributed by atoms with E-state index in [2.05, 4.69) is 46.1 Å². The zero-order valence-corrected chi connectivity index (χ0v) is 33.6. The van der Waals surface area contributed by atoms with E-state index in [1.807, 2.05) is 36.5 Å². The molecule has 2 fully saturated rings. The van der Waals surface area contributed by atoms with Crippen molar-refractivity contribution < 1.29 is 91.4 Å². The standard InChI is InChI=1S/2C8H14O2.2C8H10O2.4CHO.2CH3.2Fe/c4*1-10-8(9)6-7-4-2-3-5-7;4*1-2;;;;/h2*7H,2-6H2,1H3;2,4-5H,3,6H2,1H3;2-4H,5-6H2,1H3;4*1H;2*1H3;;/q;;;;6*-1;+2;+4. The Bertz CT molecular complexity index is 947. The van der Waals surface area contributed by atoms with Gasteiger partial charge in [0.05, 0.1) is 41.3 Å². The molecule has 12 nitrogen and oxygen atoms in total. The van der Waals surface area contributed by atoms with Crippen LogP contribution in [0, 0.1) is 26.7 Å². The molecule has 0 N–H and O–H groups in total. The topological polar surface area (TPSA) is 173 Å². The number of esters is 4. The molecule has 4 rings (SSSR count). The van der Waals surface area contributed by atoms with Gasteiger partial charge in [0.1, 0.15) is 0 Å². The molecule has 0 radical (unpaired) electrons. The van der Waals surface area contributed by atoms with E-state index in [0.717, 1.165) is 24.0 Å². The van der Waals surface area contributed by atoms with E-state index in [4.69, 9.17) is 19.2 Å². The minimum absolute atomic E-state index is 0. The maximum atomic E-state index is 10.7. The summed E-state index contributed by atoms with van der Waals surface area (Å²) in [5.74, 6) is 0.812. The minimum atomic E-state index is -0.169. The van der Waals surface area contributed by atoms with Crippen LogP contribution in [0.25, 0.3) is 0 Å². The molecule has 0 atom stereocenters. The summed E-state index contributed by atoms with van der Waals surface area (Å²) in [6.07, 6.45) is 25.9. The number of ether oxygens (including phenoxy) is 4. The van der Waals surface area contributed by atoms with Gasteiger partial charge >= 0.3 is 58.0 Å². The van der Waals surface area contributed by atoms with Gasteiger partial charge in [-0.3, -0.25) is 46.3 Å². The fraction of sp³-hybridized carbons (Fsp3) is 0.526. The summed E-state index contributed by atoms with van der Waals surface area (Å²) < 4.78 is 18.1. The van der Waals surface area contributed by atoms with Crippen molar-refractivity contribution in [2.45, 2.75) is 89.9 Å². The number of methoxy groups -OCH3 is 4. The monoisotopic (exact) mass is 818 g/mol. The first-order valence-electron chi connectivity index (χ1n) is 15.2. The molecular weight excluding hydrogens is 760 g/mol. The molecule has 0 spiro atoms. The zero-order valence-electron chi connectivity index (χ0n) is 31.4. The van der Waals surface area contributed by atoms with Gasteiger partial charge < -0.3 is 53.0 Å². The van der Waals surface area contributed by atoms with E-state index in [1.165, 1.54) is 79.8 Å². The third-order valence-corrected chi connectivity index (χ3v) is 7.19. The molecular formula is C38H58Fe2O12. The predicted molar refractivity (Wildman–Crippen MR) is 194 cm³/mol. The number of hydrogen-bond acceptors (Lipinski definition) is 12. The minimum Gasteiger partial charge on any atom is -0.545 e. The number of rotatable bonds is 8. The van der Waals surface area contributed by atoms with Gasteiger partial charge in [-0.1, -0.05) is 67.7 Å². The van der Waals surface area contributed by atoms with Crippen LogP contribution in [0.2, 0.25) is 0 Å². The average molecular weight is 819 g/mol. The third kappa shape index (κ3) is 41.0. The van der Waals surface area contributed by atoms with E-state index in [-0.39, 0.29) is 72.9 Å². The molecule has 0 unspecified atom stereocenters. The van der Waals surface area contributed by atoms with Crippen LogP contribution >= 0.6 is 0 Å². The Morgan fingerprint density at radius 3 is 1.27 bits per heavy atom. The van der Waals surface area contributed by atoms with Gasteiger partial charge in [0.2, 0.25) is 0 Å². The first kappa shape index (κ1) is 66.8. The fourth-order valence-corrected chi connectivity index (χ4v) is 4.82. The van der Waals surface area contributed by atoms with Crippen LogP contribution in [-0.2, 0) is 91.4 Å². The van der Waals surface area contributed by atoms with E-state index < -0.39 is 0 Å². The van der Waals surface area contributed by atoms with Gasteiger partial charge in [-0.2, -0.15) is 0 Å². The molecule has 52 heavy (non-hydrogen) atoms. The zero-order chi connectivity index (χ0) is 37.6. The van der Waals surface area contributed by atoms with Crippen molar-refractivity contribution in [3.05, 3.63) is 62.5 Å². The molecule has 14 heteroatoms. The van der Waals surface area contributed by atoms with Crippen LogP contribution in [0.3, 0.4) is 0 Å². The predicted octanol–water partition coefficient (Wildman–Crippen LogP) is 6.15. The quantitative estimate of drug-likeness (QED) is 0.0901. The van der Waals surface area contributed by atoms with Crippen molar-refractivity contribution in [2.24, 2.45) is 11.8 Å². The first-order valence-corrected chi connectivity index (χ1v) is 15.2. The van der Waals surface area contributed by atoms with E-state index in [0.29, 0.717) is 37.5 Å². The third-order valence-electron chi connectivity index (χ3n) is 7.19. The largest absolute Gasteiger partial charge is 4.00 e. The van der Waals surface area contributed by atoms with Crippen molar-refractivity contribution >= 4 is 51.0 Å². The van der Waals surface area contributed by atoms with Crippen LogP contribution in [0.4, 0.5) is 0 Å². The van der Waals surface area contributed by atoms with Gasteiger partial charge in [0.15, 0.2) is 0 Å². The summed E-state index contributed by atoms with van der Waals surface area (Å²) in [7, 11) is 5.72. The Kier molecular flexibility index (Phi) is 66.7. The van der Waals surface area contributed by atoms with Crippen molar-refractivity contribution in [1.82, 2.24) is 0 Å². The summed E-state index contributed by atoms with van der Waals surface area (Å²) in [4.78, 5) is 73.8. The molecule has 4 aliphatic carbocycles. The number of hydrogen-bond donors (Lipinski definition) is 0. The molecule has 0 aromatic carbocycles. The maximum absolute atomic E-state index is 10.7. The van der Waals surface area contributed by atoms with Crippen molar-refractivity contribution in [2.75, 3.05) is 28.4 Å². The smallest absolute Gasteiger partial charge is 0.545 e. The molecule has 0 aromatic heterocycles. The maximum Gasteiger partial charge on any atom is 4.00 e. The second-order valence-corrected chi connectivity index (χ2v) is 10.2. The molecule has 0 saturated heterocycles. The Labute approximate surface area is 333 Å². The van der Waals surface area contributed by atoms with Gasteiger partial charge in [0, 0.05) is 12.8 Å². The summed E-state index contributed by atoms with van der Waals surface area (Å²) in [6, 6.07) is 0. The molecule has 0 heterocycles. The Morgan fingerprint density at radius 1 is 0.615 bits per heavy atom. The second kappa shape index (κ2) is 51.9. The van der Waals surface area contributed by atoms with Crippen LogP contribution < -0.4 is 0 Å². The van der Waals surface area contributed by atoms with E-state index in [9.17, 15) is 19.2 Å². The Morgan fingerprint density at radius 2 is 0.981 bits per heavy atom. The first-order chi connectivity index (χ1) is 23.3. The Hall–Kier alpha value is -3.44. The normalized spacial score (nSPS) is 13.5. The number of carbonyl (C=O) groups excluding carboxylic acids is 8. The molecule has 0 amide bonds. The Balaban J connectivity index is -0.0000000757.